The van der Waals surface area contributed by atoms with Crippen LogP contribution in [0.5, 0.6) is 0 Å². The molecular weight excluding hydrogens is 93.8 g/mol. The summed E-state index contributed by atoms with van der Waals surface area (Å²) < 4.78 is 10.2. The minimum atomic E-state index is -2.20. The Labute approximate surface area is 33.1 Å². The van der Waals surface area contributed by atoms with Crippen molar-refractivity contribution in [2.45, 2.75) is 0 Å². The fraction of sp³-hybridized carbons (Fsp3) is 0. The Morgan fingerprint density at radius 2 is 2.00 bits per heavy atom. The minimum absolute atomic E-state index is 2.20. The van der Waals surface area contributed by atoms with Crippen LogP contribution in [-0.4, -0.2) is 17.4 Å². The van der Waals surface area contributed by atoms with Crippen LogP contribution in [0.4, 0.5) is 4.53 Å². The van der Waals surface area contributed by atoms with Crippen molar-refractivity contribution in [1.29, 1.82) is 0 Å². The zero-order chi connectivity index (χ0) is 4.99. The third-order valence-electron chi connectivity index (χ3n) is 0.122. The van der Waals surface area contributed by atoms with Crippen molar-refractivity contribution in [2.75, 3.05) is 0 Å². The monoisotopic (exact) mass is 96.0 g/mol. The van der Waals surface area contributed by atoms with Crippen LogP contribution in [-0.2, 0) is 9.90 Å². The molecule has 0 saturated heterocycles. The highest BCUT2D eigenvalue weighted by molar-refractivity contribution is 6.32. The second-order valence-corrected chi connectivity index (χ2v) is 0.486. The fourth-order valence-corrected chi connectivity index (χ4v) is 0.0325. The quantitative estimate of drug-likeness (QED) is 0.257. The van der Waals surface area contributed by atoms with Crippen molar-refractivity contribution in [1.82, 2.24) is 0 Å². The SMILES string of the molecule is OB(O)OOF. The lowest BCUT2D eigenvalue weighted by molar-refractivity contribution is -0.385. The molecule has 0 atom stereocenters. The lowest BCUT2D eigenvalue weighted by atomic mass is 10.3. The maximum absolute atomic E-state index is 10.2. The minimum Gasteiger partial charge on any atom is -0.400 e. The van der Waals surface area contributed by atoms with E-state index in [9.17, 15) is 4.53 Å². The van der Waals surface area contributed by atoms with Crippen LogP contribution in [0, 0.1) is 0 Å². The Bertz CT molecular complexity index is 28.7. The Morgan fingerprint density at radius 3 is 2.00 bits per heavy atom. The first-order valence-corrected chi connectivity index (χ1v) is 1.07. The highest BCUT2D eigenvalue weighted by Gasteiger charge is 2.08. The molecule has 0 aliphatic heterocycles. The Kier molecular flexibility index (Phi) is 2.96. The fourth-order valence-electron chi connectivity index (χ4n) is 0.0325. The van der Waals surface area contributed by atoms with Crippen LogP contribution in [0.25, 0.3) is 0 Å². The van der Waals surface area contributed by atoms with Gasteiger partial charge in [-0.05, 0) is 9.62 Å². The van der Waals surface area contributed by atoms with Gasteiger partial charge in [-0.25, -0.2) is 0 Å². The van der Waals surface area contributed by atoms with E-state index >= 15 is 0 Å². The van der Waals surface area contributed by atoms with Crippen LogP contribution in [0.15, 0.2) is 0 Å². The summed E-state index contributed by atoms with van der Waals surface area (Å²) in [5.74, 6) is 0. The molecule has 0 fully saturated rings. The van der Waals surface area contributed by atoms with E-state index in [2.05, 4.69) is 9.90 Å². The molecular formula is H2BFO4. The van der Waals surface area contributed by atoms with Crippen molar-refractivity contribution in [2.24, 2.45) is 0 Å². The van der Waals surface area contributed by atoms with Gasteiger partial charge in [0.1, 0.15) is 0 Å². The number of halogens is 1. The third-order valence-corrected chi connectivity index (χ3v) is 0.122. The molecule has 0 unspecified atom stereocenters. The van der Waals surface area contributed by atoms with Gasteiger partial charge < -0.3 is 10.0 Å². The number of hydrogen-bond acceptors (Lipinski definition) is 4. The molecule has 0 aromatic carbocycles. The van der Waals surface area contributed by atoms with Crippen molar-refractivity contribution < 1.29 is 24.5 Å². The van der Waals surface area contributed by atoms with Crippen LogP contribution in [0.3, 0.4) is 0 Å². The number of hydrogen-bond donors (Lipinski definition) is 2. The first-order chi connectivity index (χ1) is 2.77. The average Bonchev–Trinajstić information content (AvgIpc) is 1.35. The van der Waals surface area contributed by atoms with Gasteiger partial charge >= 0.3 is 7.32 Å². The maximum atomic E-state index is 10.2. The predicted octanol–water partition coefficient (Wildman–Crippen LogP) is -1.21. The van der Waals surface area contributed by atoms with E-state index in [-0.39, 0.29) is 0 Å². The topological polar surface area (TPSA) is 58.9 Å². The Hall–Kier alpha value is -0.165. The van der Waals surface area contributed by atoms with E-state index in [1.54, 1.807) is 0 Å². The van der Waals surface area contributed by atoms with E-state index in [0.717, 1.165) is 0 Å². The highest BCUT2D eigenvalue weighted by atomic mass is 19.3. The molecule has 6 heavy (non-hydrogen) atoms. The van der Waals surface area contributed by atoms with Crippen molar-refractivity contribution in [3.8, 4) is 0 Å². The number of rotatable bonds is 2. The van der Waals surface area contributed by atoms with Gasteiger partial charge in [0.25, 0.3) is 0 Å². The van der Waals surface area contributed by atoms with Gasteiger partial charge in [0.2, 0.25) is 0 Å². The summed E-state index contributed by atoms with van der Waals surface area (Å²) in [6.45, 7) is 0. The molecule has 0 aromatic heterocycles. The van der Waals surface area contributed by atoms with Gasteiger partial charge in [0, 0.05) is 0 Å². The van der Waals surface area contributed by atoms with Crippen molar-refractivity contribution in [3.63, 3.8) is 0 Å². The molecule has 0 heterocycles. The molecule has 6 heteroatoms. The normalized spacial score (nSPS) is 8.50. The summed E-state index contributed by atoms with van der Waals surface area (Å²) in [5, 5.41) is 17.3. The summed E-state index contributed by atoms with van der Waals surface area (Å²) in [5.41, 5.74) is 0. The molecule has 0 amide bonds. The lowest BCUT2D eigenvalue weighted by Gasteiger charge is -1.85. The first kappa shape index (κ1) is 5.83. The van der Waals surface area contributed by atoms with Crippen LogP contribution in [0.2, 0.25) is 0 Å². The zero-order valence-electron chi connectivity index (χ0n) is 2.67. The van der Waals surface area contributed by atoms with E-state index in [0.29, 0.717) is 0 Å². The molecule has 4 nitrogen and oxygen atoms in total. The summed E-state index contributed by atoms with van der Waals surface area (Å²) in [4.78, 5) is 2.99. The summed E-state index contributed by atoms with van der Waals surface area (Å²) in [6, 6.07) is 0. The van der Waals surface area contributed by atoms with E-state index in [1.165, 1.54) is 0 Å². The molecule has 0 spiro atoms. The van der Waals surface area contributed by atoms with E-state index in [1.807, 2.05) is 0 Å². The molecule has 0 rings (SSSR count). The predicted molar refractivity (Wildman–Crippen MR) is 13.5 cm³/mol. The molecule has 2 N–H and O–H groups in total. The second-order valence-electron chi connectivity index (χ2n) is 0.486. The highest BCUT2D eigenvalue weighted by Crippen LogP contribution is 1.75. The molecule has 36 valence electrons. The second kappa shape index (κ2) is 3.04. The van der Waals surface area contributed by atoms with Gasteiger partial charge in [0.15, 0.2) is 0 Å². The van der Waals surface area contributed by atoms with Gasteiger partial charge in [-0.1, -0.05) is 0 Å². The average molecular weight is 95.8 g/mol. The van der Waals surface area contributed by atoms with Crippen molar-refractivity contribution in [3.05, 3.63) is 0 Å². The summed E-state index contributed by atoms with van der Waals surface area (Å²) in [6.07, 6.45) is 0. The maximum Gasteiger partial charge on any atom is 0.665 e. The summed E-state index contributed by atoms with van der Waals surface area (Å²) in [7, 11) is -2.20. The van der Waals surface area contributed by atoms with Crippen molar-refractivity contribution >= 4 is 7.32 Å². The Balaban J connectivity index is 2.63. The van der Waals surface area contributed by atoms with E-state index < -0.39 is 7.32 Å². The van der Waals surface area contributed by atoms with Crippen LogP contribution >= 0.6 is 0 Å². The van der Waals surface area contributed by atoms with Gasteiger partial charge in [-0.2, -0.15) is 4.81 Å². The molecule has 0 radical (unpaired) electrons. The standard InChI is InChI=1S/BFH2O4/c2-6-5-1(3)4/h3-4H. The molecule has 0 aromatic rings. The first-order valence-electron chi connectivity index (χ1n) is 1.07. The third kappa shape index (κ3) is 3.83. The zero-order valence-corrected chi connectivity index (χ0v) is 2.67. The van der Waals surface area contributed by atoms with E-state index in [4.69, 9.17) is 10.0 Å². The van der Waals surface area contributed by atoms with Crippen LogP contribution in [0.1, 0.15) is 0 Å². The Morgan fingerprint density at radius 1 is 1.50 bits per heavy atom. The molecule has 0 saturated carbocycles. The molecule has 0 aliphatic carbocycles. The largest absolute Gasteiger partial charge is 0.665 e. The molecule has 0 bridgehead atoms. The van der Waals surface area contributed by atoms with Crippen LogP contribution < -0.4 is 0 Å². The molecule has 0 aliphatic rings. The summed E-state index contributed by atoms with van der Waals surface area (Å²) >= 11 is 0. The van der Waals surface area contributed by atoms with Gasteiger partial charge in [-0.15, -0.1) is 0 Å². The van der Waals surface area contributed by atoms with Gasteiger partial charge in [0.05, 0.1) is 0 Å². The van der Waals surface area contributed by atoms with Gasteiger partial charge in [-0.3, -0.25) is 0 Å². The lowest BCUT2D eigenvalue weighted by Crippen LogP contribution is -2.14. The smallest absolute Gasteiger partial charge is 0.400 e.